The van der Waals surface area contributed by atoms with Gasteiger partial charge in [-0.3, -0.25) is 19.7 Å². The van der Waals surface area contributed by atoms with Crippen LogP contribution in [0.3, 0.4) is 0 Å². The molecule has 6 nitrogen and oxygen atoms in total. The second-order valence-corrected chi connectivity index (χ2v) is 7.41. The zero-order valence-electron chi connectivity index (χ0n) is 15.0. The predicted molar refractivity (Wildman–Crippen MR) is 105 cm³/mol. The van der Waals surface area contributed by atoms with Crippen molar-refractivity contribution >= 4 is 28.4 Å². The molecule has 0 unspecified atom stereocenters. The minimum atomic E-state index is 0.0651. The second kappa shape index (κ2) is 8.06. The van der Waals surface area contributed by atoms with Crippen LogP contribution in [0.4, 0.5) is 0 Å². The number of amides is 1. The molecule has 2 N–H and O–H groups in total. The number of aromatic nitrogens is 3. The molecule has 1 amide bonds. The quantitative estimate of drug-likeness (QED) is 0.709. The molecule has 4 rings (SSSR count). The van der Waals surface area contributed by atoms with Crippen molar-refractivity contribution in [2.45, 2.75) is 25.9 Å². The summed E-state index contributed by atoms with van der Waals surface area (Å²) in [7, 11) is 0. The van der Waals surface area contributed by atoms with E-state index in [1.807, 2.05) is 18.2 Å². The SMILES string of the molecule is O=C(NCc1cnccn1)C1CCN(Cc2c[nH]c3ccc(Cl)cc23)CC1. The van der Waals surface area contributed by atoms with E-state index in [1.165, 1.54) is 10.9 Å². The van der Waals surface area contributed by atoms with Gasteiger partial charge in [0.15, 0.2) is 0 Å². The smallest absolute Gasteiger partial charge is 0.223 e. The van der Waals surface area contributed by atoms with E-state index in [1.54, 1.807) is 18.6 Å². The minimum absolute atomic E-state index is 0.0651. The van der Waals surface area contributed by atoms with E-state index in [0.29, 0.717) is 6.54 Å². The van der Waals surface area contributed by atoms with Crippen LogP contribution in [0.5, 0.6) is 0 Å². The number of nitrogens with zero attached hydrogens (tertiary/aromatic N) is 3. The topological polar surface area (TPSA) is 73.9 Å². The Morgan fingerprint density at radius 1 is 1.30 bits per heavy atom. The molecule has 0 aliphatic carbocycles. The van der Waals surface area contributed by atoms with Crippen molar-refractivity contribution in [1.82, 2.24) is 25.2 Å². The number of H-pyrrole nitrogens is 1. The van der Waals surface area contributed by atoms with Gasteiger partial charge in [-0.05, 0) is 49.7 Å². The van der Waals surface area contributed by atoms with Crippen molar-refractivity contribution in [3.63, 3.8) is 0 Å². The van der Waals surface area contributed by atoms with Gasteiger partial charge in [-0.25, -0.2) is 0 Å². The summed E-state index contributed by atoms with van der Waals surface area (Å²) in [4.78, 5) is 26.3. The average molecular weight is 384 g/mol. The Morgan fingerprint density at radius 3 is 2.93 bits per heavy atom. The van der Waals surface area contributed by atoms with Crippen LogP contribution in [-0.2, 0) is 17.9 Å². The lowest BCUT2D eigenvalue weighted by Crippen LogP contribution is -2.40. The number of aromatic amines is 1. The van der Waals surface area contributed by atoms with Gasteiger partial charge in [0.2, 0.25) is 5.91 Å². The summed E-state index contributed by atoms with van der Waals surface area (Å²) in [5.41, 5.74) is 3.13. The van der Waals surface area contributed by atoms with Crippen molar-refractivity contribution in [1.29, 1.82) is 0 Å². The highest BCUT2D eigenvalue weighted by Crippen LogP contribution is 2.25. The summed E-state index contributed by atoms with van der Waals surface area (Å²) in [5.74, 6) is 0.175. The first kappa shape index (κ1) is 17.9. The first-order valence-corrected chi connectivity index (χ1v) is 9.57. The molecule has 0 atom stereocenters. The number of nitrogens with one attached hydrogen (secondary N) is 2. The molecule has 7 heteroatoms. The van der Waals surface area contributed by atoms with Crippen LogP contribution in [0.25, 0.3) is 10.9 Å². The van der Waals surface area contributed by atoms with Crippen molar-refractivity contribution in [3.8, 4) is 0 Å². The molecular formula is C20H22ClN5O. The number of rotatable bonds is 5. The summed E-state index contributed by atoms with van der Waals surface area (Å²) in [6.07, 6.45) is 8.74. The van der Waals surface area contributed by atoms with Gasteiger partial charge in [0.1, 0.15) is 0 Å². The van der Waals surface area contributed by atoms with Crippen LogP contribution in [0, 0.1) is 5.92 Å². The molecule has 0 saturated carbocycles. The normalized spacial score (nSPS) is 15.9. The lowest BCUT2D eigenvalue weighted by Gasteiger charge is -2.31. The molecule has 1 aliphatic rings. The molecule has 1 saturated heterocycles. The van der Waals surface area contributed by atoms with Gasteiger partial charge >= 0.3 is 0 Å². The first-order valence-electron chi connectivity index (χ1n) is 9.19. The van der Waals surface area contributed by atoms with Gasteiger partial charge in [0.25, 0.3) is 0 Å². The Labute approximate surface area is 163 Å². The fraction of sp³-hybridized carbons (Fsp3) is 0.350. The number of hydrogen-bond donors (Lipinski definition) is 2. The fourth-order valence-corrected chi connectivity index (χ4v) is 3.79. The number of likely N-dealkylation sites (tertiary alicyclic amines) is 1. The molecule has 1 fully saturated rings. The third kappa shape index (κ3) is 4.28. The van der Waals surface area contributed by atoms with Gasteiger partial charge in [-0.1, -0.05) is 11.6 Å². The third-order valence-corrected chi connectivity index (χ3v) is 5.38. The monoisotopic (exact) mass is 383 g/mol. The standard InChI is InChI=1S/C20H22ClN5O/c21-16-1-2-19-18(9-16)15(10-24-19)13-26-7-3-14(4-8-26)20(27)25-12-17-11-22-5-6-23-17/h1-2,5-6,9-11,14,24H,3-4,7-8,12-13H2,(H,25,27). The maximum atomic E-state index is 12.4. The molecule has 0 radical (unpaired) electrons. The van der Waals surface area contributed by atoms with E-state index >= 15 is 0 Å². The molecule has 140 valence electrons. The van der Waals surface area contributed by atoms with Gasteiger partial charge in [-0.2, -0.15) is 0 Å². The van der Waals surface area contributed by atoms with Crippen molar-refractivity contribution in [3.05, 3.63) is 59.3 Å². The van der Waals surface area contributed by atoms with Crippen LogP contribution in [0.2, 0.25) is 5.02 Å². The molecule has 1 aromatic carbocycles. The molecule has 3 aromatic rings. The van der Waals surface area contributed by atoms with E-state index in [-0.39, 0.29) is 11.8 Å². The van der Waals surface area contributed by atoms with Crippen LogP contribution in [-0.4, -0.2) is 38.8 Å². The summed E-state index contributed by atoms with van der Waals surface area (Å²) in [6, 6.07) is 5.92. The fourth-order valence-electron chi connectivity index (χ4n) is 3.62. The maximum absolute atomic E-state index is 12.4. The highest BCUT2D eigenvalue weighted by molar-refractivity contribution is 6.31. The van der Waals surface area contributed by atoms with E-state index in [2.05, 4.69) is 31.4 Å². The summed E-state index contributed by atoms with van der Waals surface area (Å²) in [6.45, 7) is 3.13. The zero-order chi connectivity index (χ0) is 18.6. The van der Waals surface area contributed by atoms with Gasteiger partial charge in [0, 0.05) is 47.0 Å². The number of benzene rings is 1. The van der Waals surface area contributed by atoms with Gasteiger partial charge in [0.05, 0.1) is 18.4 Å². The summed E-state index contributed by atoms with van der Waals surface area (Å²) >= 11 is 6.14. The number of hydrogen-bond acceptors (Lipinski definition) is 4. The van der Waals surface area contributed by atoms with E-state index in [0.717, 1.165) is 48.7 Å². The maximum Gasteiger partial charge on any atom is 0.223 e. The number of piperidine rings is 1. The second-order valence-electron chi connectivity index (χ2n) is 6.97. The third-order valence-electron chi connectivity index (χ3n) is 5.14. The summed E-state index contributed by atoms with van der Waals surface area (Å²) in [5, 5.41) is 4.90. The Balaban J connectivity index is 1.29. The largest absolute Gasteiger partial charge is 0.361 e. The van der Waals surface area contributed by atoms with Crippen LogP contribution in [0.15, 0.2) is 43.0 Å². The zero-order valence-corrected chi connectivity index (χ0v) is 15.7. The lowest BCUT2D eigenvalue weighted by atomic mass is 9.95. The Bertz CT molecular complexity index is 919. The van der Waals surface area contributed by atoms with Gasteiger partial charge < -0.3 is 10.3 Å². The molecule has 3 heterocycles. The molecular weight excluding hydrogens is 362 g/mol. The van der Waals surface area contributed by atoms with Crippen molar-refractivity contribution in [2.24, 2.45) is 5.92 Å². The molecule has 0 bridgehead atoms. The van der Waals surface area contributed by atoms with Crippen molar-refractivity contribution < 1.29 is 4.79 Å². The van der Waals surface area contributed by atoms with Crippen molar-refractivity contribution in [2.75, 3.05) is 13.1 Å². The van der Waals surface area contributed by atoms with Crippen LogP contribution < -0.4 is 5.32 Å². The number of carbonyl (C=O) groups excluding carboxylic acids is 1. The predicted octanol–water partition coefficient (Wildman–Crippen LogP) is 3.14. The number of carbonyl (C=O) groups is 1. The Hall–Kier alpha value is -2.44. The molecule has 27 heavy (non-hydrogen) atoms. The molecule has 2 aromatic heterocycles. The highest BCUT2D eigenvalue weighted by Gasteiger charge is 2.25. The first-order chi connectivity index (χ1) is 13.2. The average Bonchev–Trinajstić information content (AvgIpc) is 3.09. The Kier molecular flexibility index (Phi) is 5.36. The lowest BCUT2D eigenvalue weighted by molar-refractivity contribution is -0.126. The van der Waals surface area contributed by atoms with E-state index in [9.17, 15) is 4.79 Å². The molecule has 0 spiro atoms. The van der Waals surface area contributed by atoms with E-state index < -0.39 is 0 Å². The highest BCUT2D eigenvalue weighted by atomic mass is 35.5. The number of halogens is 1. The number of fused-ring (bicyclic) bond motifs is 1. The summed E-state index contributed by atoms with van der Waals surface area (Å²) < 4.78 is 0. The van der Waals surface area contributed by atoms with Gasteiger partial charge in [-0.15, -0.1) is 0 Å². The Morgan fingerprint density at radius 2 is 2.15 bits per heavy atom. The molecule has 1 aliphatic heterocycles. The van der Waals surface area contributed by atoms with E-state index in [4.69, 9.17) is 11.6 Å². The van der Waals surface area contributed by atoms with Crippen LogP contribution >= 0.6 is 11.6 Å². The van der Waals surface area contributed by atoms with Crippen LogP contribution in [0.1, 0.15) is 24.1 Å². The minimum Gasteiger partial charge on any atom is -0.361 e.